The Morgan fingerprint density at radius 1 is 1.47 bits per heavy atom. The van der Waals surface area contributed by atoms with Crippen LogP contribution in [0, 0.1) is 12.8 Å². The Kier molecular flexibility index (Phi) is 2.89. The van der Waals surface area contributed by atoms with Crippen molar-refractivity contribution in [1.82, 2.24) is 4.31 Å². The number of nitrogens with zero attached hydrogens (tertiary/aromatic N) is 1. The highest BCUT2D eigenvalue weighted by atomic mass is 79.9. The van der Waals surface area contributed by atoms with Crippen molar-refractivity contribution in [3.63, 3.8) is 0 Å². The highest BCUT2D eigenvalue weighted by Crippen LogP contribution is 2.42. The zero-order chi connectivity index (χ0) is 12.2. The molecule has 1 saturated heterocycles. The van der Waals surface area contributed by atoms with Crippen LogP contribution in [0.25, 0.3) is 0 Å². The Balaban J connectivity index is 1.99. The fourth-order valence-electron chi connectivity index (χ4n) is 2.99. The van der Waals surface area contributed by atoms with Gasteiger partial charge in [-0.05, 0) is 54.1 Å². The number of rotatable bonds is 2. The van der Waals surface area contributed by atoms with Crippen LogP contribution in [0.1, 0.15) is 24.1 Å². The van der Waals surface area contributed by atoms with Gasteiger partial charge in [-0.15, -0.1) is 11.3 Å². The fourth-order valence-corrected chi connectivity index (χ4v) is 7.11. The van der Waals surface area contributed by atoms with Gasteiger partial charge in [0, 0.05) is 17.5 Å². The van der Waals surface area contributed by atoms with Gasteiger partial charge in [0.2, 0.25) is 10.0 Å². The molecule has 17 heavy (non-hydrogen) atoms. The molecule has 2 unspecified atom stereocenters. The van der Waals surface area contributed by atoms with E-state index >= 15 is 0 Å². The van der Waals surface area contributed by atoms with Gasteiger partial charge in [-0.25, -0.2) is 8.42 Å². The summed E-state index contributed by atoms with van der Waals surface area (Å²) < 4.78 is 27.8. The topological polar surface area (TPSA) is 37.4 Å². The van der Waals surface area contributed by atoms with E-state index in [1.165, 1.54) is 17.8 Å². The number of hydrogen-bond acceptors (Lipinski definition) is 3. The molecule has 0 aromatic carbocycles. The van der Waals surface area contributed by atoms with Gasteiger partial charge in [-0.1, -0.05) is 0 Å². The van der Waals surface area contributed by atoms with Crippen LogP contribution < -0.4 is 0 Å². The van der Waals surface area contributed by atoms with Gasteiger partial charge >= 0.3 is 0 Å². The van der Waals surface area contributed by atoms with E-state index < -0.39 is 10.0 Å². The van der Waals surface area contributed by atoms with Crippen molar-refractivity contribution in [2.24, 2.45) is 5.92 Å². The number of halogens is 1. The van der Waals surface area contributed by atoms with Crippen LogP contribution in [0.4, 0.5) is 0 Å². The molecule has 0 N–H and O–H groups in total. The van der Waals surface area contributed by atoms with Crippen molar-refractivity contribution >= 4 is 37.3 Å². The summed E-state index contributed by atoms with van der Waals surface area (Å²) >= 11 is 4.85. The Labute approximate surface area is 114 Å². The standard InChI is InChI=1S/C11H14BrNO2S2/c1-7-10(5-11(12)16-7)17(14,15)13-6-8-2-3-9(13)4-8/h5,8-9H,2-4,6H2,1H3. The smallest absolute Gasteiger partial charge is 0.207 e. The minimum absolute atomic E-state index is 0.253. The van der Waals surface area contributed by atoms with Gasteiger partial charge in [0.05, 0.1) is 8.68 Å². The predicted octanol–water partition coefficient (Wildman–Crippen LogP) is 2.99. The van der Waals surface area contributed by atoms with Gasteiger partial charge < -0.3 is 0 Å². The minimum atomic E-state index is -3.27. The van der Waals surface area contributed by atoms with Crippen molar-refractivity contribution in [3.05, 3.63) is 14.7 Å². The summed E-state index contributed by atoms with van der Waals surface area (Å²) in [6.07, 6.45) is 3.29. The number of sulfonamides is 1. The Hall–Kier alpha value is 0.0900. The highest BCUT2D eigenvalue weighted by Gasteiger charge is 2.44. The molecule has 2 heterocycles. The largest absolute Gasteiger partial charge is 0.244 e. The van der Waals surface area contributed by atoms with E-state index in [2.05, 4.69) is 15.9 Å². The molecule has 1 aliphatic heterocycles. The Bertz CT molecular complexity index is 552. The van der Waals surface area contributed by atoms with Crippen LogP contribution in [0.5, 0.6) is 0 Å². The van der Waals surface area contributed by atoms with Crippen LogP contribution in [0.15, 0.2) is 14.7 Å². The molecule has 2 atom stereocenters. The van der Waals surface area contributed by atoms with Crippen LogP contribution >= 0.6 is 27.3 Å². The molecule has 6 heteroatoms. The van der Waals surface area contributed by atoms with Crippen molar-refractivity contribution in [2.45, 2.75) is 37.1 Å². The van der Waals surface area contributed by atoms with Crippen molar-refractivity contribution in [3.8, 4) is 0 Å². The lowest BCUT2D eigenvalue weighted by Crippen LogP contribution is -2.37. The second-order valence-electron chi connectivity index (χ2n) is 4.88. The number of fused-ring (bicyclic) bond motifs is 2. The molecule has 3 rings (SSSR count). The molecule has 3 nitrogen and oxygen atoms in total. The van der Waals surface area contributed by atoms with E-state index in [1.54, 1.807) is 10.4 Å². The third-order valence-electron chi connectivity index (χ3n) is 3.79. The van der Waals surface area contributed by atoms with Crippen molar-refractivity contribution < 1.29 is 8.42 Å². The molecule has 1 aliphatic carbocycles. The van der Waals surface area contributed by atoms with Gasteiger partial charge in [-0.2, -0.15) is 4.31 Å². The molecule has 1 aromatic heterocycles. The lowest BCUT2D eigenvalue weighted by atomic mass is 10.1. The SMILES string of the molecule is Cc1sc(Br)cc1S(=O)(=O)N1CC2CCC1C2. The predicted molar refractivity (Wildman–Crippen MR) is 71.8 cm³/mol. The van der Waals surface area contributed by atoms with E-state index in [0.717, 1.165) is 28.0 Å². The van der Waals surface area contributed by atoms with Crippen LogP contribution in [-0.4, -0.2) is 25.3 Å². The van der Waals surface area contributed by atoms with Crippen LogP contribution in [-0.2, 0) is 10.0 Å². The summed E-state index contributed by atoms with van der Waals surface area (Å²) in [5.41, 5.74) is 0. The third kappa shape index (κ3) is 1.89. The second-order valence-corrected chi connectivity index (χ2v) is 9.37. The zero-order valence-corrected chi connectivity index (χ0v) is 12.7. The van der Waals surface area contributed by atoms with E-state index in [-0.39, 0.29) is 6.04 Å². The monoisotopic (exact) mass is 335 g/mol. The maximum Gasteiger partial charge on any atom is 0.244 e. The minimum Gasteiger partial charge on any atom is -0.207 e. The highest BCUT2D eigenvalue weighted by molar-refractivity contribution is 9.11. The summed E-state index contributed by atoms with van der Waals surface area (Å²) in [6, 6.07) is 1.99. The van der Waals surface area contributed by atoms with Gasteiger partial charge in [0.25, 0.3) is 0 Å². The molecule has 2 fully saturated rings. The molecule has 0 spiro atoms. The average molecular weight is 336 g/mol. The summed E-state index contributed by atoms with van der Waals surface area (Å²) in [5.74, 6) is 0.595. The van der Waals surface area contributed by atoms with Gasteiger partial charge in [0.15, 0.2) is 0 Å². The van der Waals surface area contributed by atoms with E-state index in [1.807, 2.05) is 6.92 Å². The summed E-state index contributed by atoms with van der Waals surface area (Å²) in [5, 5.41) is 0. The number of piperidine rings is 1. The Morgan fingerprint density at radius 2 is 2.24 bits per heavy atom. The molecule has 1 aromatic rings. The molecule has 94 valence electrons. The fraction of sp³-hybridized carbons (Fsp3) is 0.636. The normalized spacial score (nSPS) is 29.1. The third-order valence-corrected chi connectivity index (χ3v) is 7.51. The molecule has 2 aliphatic rings. The van der Waals surface area contributed by atoms with Crippen molar-refractivity contribution in [1.29, 1.82) is 0 Å². The molecule has 0 amide bonds. The Morgan fingerprint density at radius 3 is 2.71 bits per heavy atom. The first-order valence-electron chi connectivity index (χ1n) is 5.76. The maximum absolute atomic E-state index is 12.6. The summed E-state index contributed by atoms with van der Waals surface area (Å²) in [7, 11) is -3.27. The van der Waals surface area contributed by atoms with Crippen molar-refractivity contribution in [2.75, 3.05) is 6.54 Å². The van der Waals surface area contributed by atoms with E-state index in [9.17, 15) is 8.42 Å². The maximum atomic E-state index is 12.6. The van der Waals surface area contributed by atoms with E-state index in [4.69, 9.17) is 0 Å². The van der Waals surface area contributed by atoms with Crippen LogP contribution in [0.3, 0.4) is 0 Å². The number of thiophene rings is 1. The summed E-state index contributed by atoms with van der Waals surface area (Å²) in [4.78, 5) is 1.36. The number of hydrogen-bond donors (Lipinski definition) is 0. The lowest BCUT2D eigenvalue weighted by molar-refractivity contribution is 0.333. The number of aryl methyl sites for hydroxylation is 1. The molecule has 2 bridgehead atoms. The first-order chi connectivity index (χ1) is 7.98. The lowest BCUT2D eigenvalue weighted by Gasteiger charge is -2.25. The molecule has 1 saturated carbocycles. The van der Waals surface area contributed by atoms with Gasteiger partial charge in [0.1, 0.15) is 0 Å². The quantitative estimate of drug-likeness (QED) is 0.833. The van der Waals surface area contributed by atoms with Crippen LogP contribution in [0.2, 0.25) is 0 Å². The molecular weight excluding hydrogens is 322 g/mol. The average Bonchev–Trinajstić information content (AvgIpc) is 2.92. The molecule has 0 radical (unpaired) electrons. The molecular formula is C11H14BrNO2S2. The zero-order valence-electron chi connectivity index (χ0n) is 9.52. The van der Waals surface area contributed by atoms with E-state index in [0.29, 0.717) is 10.8 Å². The second kappa shape index (κ2) is 4.05. The first-order valence-corrected chi connectivity index (χ1v) is 8.81. The van der Waals surface area contributed by atoms with Gasteiger partial charge in [-0.3, -0.25) is 0 Å². The first kappa shape index (κ1) is 12.1. The summed E-state index contributed by atoms with van der Waals surface area (Å²) in [6.45, 7) is 2.59.